The van der Waals surface area contributed by atoms with Gasteiger partial charge in [-0.1, -0.05) is 24.3 Å². The molecule has 0 saturated heterocycles. The van der Waals surface area contributed by atoms with Crippen molar-refractivity contribution < 1.29 is 0 Å². The molecule has 0 aliphatic rings. The van der Waals surface area contributed by atoms with Crippen LogP contribution in [0.25, 0.3) is 0 Å². The normalized spacial score (nSPS) is 11.1. The molecule has 1 aromatic heterocycles. The smallest absolute Gasteiger partial charge is 0.0719 e. The number of aryl methyl sites for hydroxylation is 1. The Balaban J connectivity index is 1.85. The van der Waals surface area contributed by atoms with Crippen LogP contribution in [0, 0.1) is 6.92 Å². The number of hydrogen-bond acceptors (Lipinski definition) is 3. The summed E-state index contributed by atoms with van der Waals surface area (Å²) in [6.07, 6.45) is 3.54. The number of nitrogens with two attached hydrogens (primary N) is 1. The fourth-order valence-corrected chi connectivity index (χ4v) is 1.93. The van der Waals surface area contributed by atoms with Gasteiger partial charge in [-0.25, -0.2) is 0 Å². The van der Waals surface area contributed by atoms with Crippen LogP contribution in [0.5, 0.6) is 0 Å². The van der Waals surface area contributed by atoms with E-state index in [-0.39, 0.29) is 0 Å². The van der Waals surface area contributed by atoms with E-state index >= 15 is 0 Å². The van der Waals surface area contributed by atoms with Gasteiger partial charge in [0.15, 0.2) is 0 Å². The molecule has 2 aromatic rings. The van der Waals surface area contributed by atoms with E-state index in [1.807, 2.05) is 10.9 Å². The van der Waals surface area contributed by atoms with Crippen molar-refractivity contribution in [3.63, 3.8) is 0 Å². The Bertz CT molecular complexity index is 504. The summed E-state index contributed by atoms with van der Waals surface area (Å²) >= 11 is 0. The number of nitrogen functional groups attached to an aromatic ring is 1. The van der Waals surface area contributed by atoms with E-state index in [0.29, 0.717) is 0 Å². The minimum Gasteiger partial charge on any atom is -0.396 e. The van der Waals surface area contributed by atoms with Crippen molar-refractivity contribution in [2.75, 3.05) is 19.3 Å². The summed E-state index contributed by atoms with van der Waals surface area (Å²) in [6, 6.07) is 8.49. The van der Waals surface area contributed by atoms with E-state index in [1.165, 1.54) is 11.1 Å². The van der Waals surface area contributed by atoms with Crippen molar-refractivity contribution >= 4 is 5.69 Å². The Morgan fingerprint density at radius 1 is 1.33 bits per heavy atom. The molecule has 0 radical (unpaired) electrons. The summed E-state index contributed by atoms with van der Waals surface area (Å²) in [5.41, 5.74) is 9.07. The minimum absolute atomic E-state index is 0.719. The summed E-state index contributed by atoms with van der Waals surface area (Å²) in [6.45, 7) is 4.93. The van der Waals surface area contributed by atoms with Gasteiger partial charge in [-0.15, -0.1) is 0 Å². The van der Waals surface area contributed by atoms with Gasteiger partial charge in [0.05, 0.1) is 18.4 Å². The summed E-state index contributed by atoms with van der Waals surface area (Å²) in [5, 5.41) is 4.18. The molecule has 18 heavy (non-hydrogen) atoms. The Hall–Kier alpha value is -1.81. The van der Waals surface area contributed by atoms with Crippen LogP contribution in [-0.4, -0.2) is 28.3 Å². The molecule has 0 atom stereocenters. The summed E-state index contributed by atoms with van der Waals surface area (Å²) in [4.78, 5) is 2.29. The summed E-state index contributed by atoms with van der Waals surface area (Å²) < 4.78 is 1.88. The quantitative estimate of drug-likeness (QED) is 0.874. The van der Waals surface area contributed by atoms with E-state index < -0.39 is 0 Å². The van der Waals surface area contributed by atoms with Gasteiger partial charge < -0.3 is 10.6 Å². The number of hydrogen-bond donors (Lipinski definition) is 1. The number of nitrogens with zero attached hydrogens (tertiary/aromatic N) is 3. The van der Waals surface area contributed by atoms with Gasteiger partial charge in [0.1, 0.15) is 0 Å². The Kier molecular flexibility index (Phi) is 3.99. The van der Waals surface area contributed by atoms with E-state index in [2.05, 4.69) is 48.2 Å². The van der Waals surface area contributed by atoms with Crippen molar-refractivity contribution in [3.05, 3.63) is 47.8 Å². The third-order valence-electron chi connectivity index (χ3n) is 3.07. The number of rotatable bonds is 5. The third kappa shape index (κ3) is 3.34. The fourth-order valence-electron chi connectivity index (χ4n) is 1.93. The zero-order valence-corrected chi connectivity index (χ0v) is 11.0. The van der Waals surface area contributed by atoms with Crippen molar-refractivity contribution in [3.8, 4) is 0 Å². The maximum Gasteiger partial charge on any atom is 0.0719 e. The van der Waals surface area contributed by atoms with E-state index in [4.69, 9.17) is 5.73 Å². The lowest BCUT2D eigenvalue weighted by Crippen LogP contribution is -2.23. The van der Waals surface area contributed by atoms with Gasteiger partial charge in [-0.3, -0.25) is 4.68 Å². The number of likely N-dealkylation sites (N-methyl/N-ethyl adjacent to an activating group) is 1. The van der Waals surface area contributed by atoms with Crippen molar-refractivity contribution in [1.82, 2.24) is 14.7 Å². The Morgan fingerprint density at radius 2 is 2.11 bits per heavy atom. The molecule has 0 aliphatic carbocycles. The standard InChI is InChI=1S/C14H20N4/c1-12-5-3-4-6-13(12)10-17(2)7-8-18-11-14(15)9-16-18/h3-6,9,11H,7-8,10,15H2,1-2H3. The lowest BCUT2D eigenvalue weighted by Gasteiger charge is -2.17. The Labute approximate surface area is 108 Å². The van der Waals surface area contributed by atoms with Gasteiger partial charge in [-0.2, -0.15) is 5.10 Å². The highest BCUT2D eigenvalue weighted by atomic mass is 15.3. The first-order valence-electron chi connectivity index (χ1n) is 6.16. The van der Waals surface area contributed by atoms with Crippen molar-refractivity contribution in [1.29, 1.82) is 0 Å². The highest BCUT2D eigenvalue weighted by molar-refractivity contribution is 5.30. The second-order valence-electron chi connectivity index (χ2n) is 4.70. The minimum atomic E-state index is 0.719. The lowest BCUT2D eigenvalue weighted by molar-refractivity contribution is 0.305. The third-order valence-corrected chi connectivity index (χ3v) is 3.07. The van der Waals surface area contributed by atoms with Crippen LogP contribution in [-0.2, 0) is 13.1 Å². The molecule has 0 spiro atoms. The van der Waals surface area contributed by atoms with E-state index in [0.717, 1.165) is 25.3 Å². The van der Waals surface area contributed by atoms with Crippen LogP contribution >= 0.6 is 0 Å². The molecule has 0 fully saturated rings. The molecule has 0 saturated carbocycles. The first-order valence-corrected chi connectivity index (χ1v) is 6.16. The zero-order chi connectivity index (χ0) is 13.0. The van der Waals surface area contributed by atoms with Crippen LogP contribution in [0.1, 0.15) is 11.1 Å². The fraction of sp³-hybridized carbons (Fsp3) is 0.357. The predicted octanol–water partition coefficient (Wildman–Crippen LogP) is 1.91. The maximum absolute atomic E-state index is 5.63. The molecule has 4 heteroatoms. The van der Waals surface area contributed by atoms with Crippen molar-refractivity contribution in [2.24, 2.45) is 0 Å². The topological polar surface area (TPSA) is 47.1 Å². The number of benzene rings is 1. The van der Waals surface area contributed by atoms with Gasteiger partial charge >= 0.3 is 0 Å². The average molecular weight is 244 g/mol. The summed E-state index contributed by atoms with van der Waals surface area (Å²) in [7, 11) is 2.12. The molecule has 4 nitrogen and oxygen atoms in total. The van der Waals surface area contributed by atoms with Crippen molar-refractivity contribution in [2.45, 2.75) is 20.0 Å². The van der Waals surface area contributed by atoms with E-state index in [1.54, 1.807) is 6.20 Å². The molecule has 2 rings (SSSR count). The first kappa shape index (κ1) is 12.6. The van der Waals surface area contributed by atoms with Crippen LogP contribution < -0.4 is 5.73 Å². The molecule has 0 unspecified atom stereocenters. The van der Waals surface area contributed by atoms with Crippen LogP contribution in [0.4, 0.5) is 5.69 Å². The average Bonchev–Trinajstić information content (AvgIpc) is 2.76. The Morgan fingerprint density at radius 3 is 2.78 bits per heavy atom. The van der Waals surface area contributed by atoms with E-state index in [9.17, 15) is 0 Å². The van der Waals surface area contributed by atoms with Gasteiger partial charge in [-0.05, 0) is 25.1 Å². The maximum atomic E-state index is 5.63. The molecule has 2 N–H and O–H groups in total. The monoisotopic (exact) mass is 244 g/mol. The molecule has 1 aromatic carbocycles. The molecular formula is C14H20N4. The zero-order valence-electron chi connectivity index (χ0n) is 11.0. The molecule has 0 amide bonds. The first-order chi connectivity index (χ1) is 8.65. The predicted molar refractivity (Wildman–Crippen MR) is 74.2 cm³/mol. The van der Waals surface area contributed by atoms with Crippen LogP contribution in [0.2, 0.25) is 0 Å². The second-order valence-corrected chi connectivity index (χ2v) is 4.70. The van der Waals surface area contributed by atoms with Gasteiger partial charge in [0, 0.05) is 19.3 Å². The molecule has 1 heterocycles. The lowest BCUT2D eigenvalue weighted by atomic mass is 10.1. The summed E-state index contributed by atoms with van der Waals surface area (Å²) in [5.74, 6) is 0. The SMILES string of the molecule is Cc1ccccc1CN(C)CCn1cc(N)cn1. The highest BCUT2D eigenvalue weighted by Gasteiger charge is 2.03. The molecular weight excluding hydrogens is 224 g/mol. The van der Waals surface area contributed by atoms with Crippen LogP contribution in [0.15, 0.2) is 36.7 Å². The largest absolute Gasteiger partial charge is 0.396 e. The van der Waals surface area contributed by atoms with Crippen LogP contribution in [0.3, 0.4) is 0 Å². The molecule has 0 bridgehead atoms. The molecule has 0 aliphatic heterocycles. The second kappa shape index (κ2) is 5.69. The molecule has 96 valence electrons. The number of aromatic nitrogens is 2. The number of anilines is 1. The highest BCUT2D eigenvalue weighted by Crippen LogP contribution is 2.09. The van der Waals surface area contributed by atoms with Gasteiger partial charge in [0.2, 0.25) is 0 Å². The van der Waals surface area contributed by atoms with Gasteiger partial charge in [0.25, 0.3) is 0 Å².